The van der Waals surface area contributed by atoms with Crippen molar-refractivity contribution in [3.63, 3.8) is 0 Å². The second-order valence-corrected chi connectivity index (χ2v) is 7.07. The van der Waals surface area contributed by atoms with E-state index in [1.807, 2.05) is 4.72 Å². The molecule has 8 heteroatoms. The number of nitrogens with zero attached hydrogens (tertiary/aromatic N) is 1. The molecule has 122 valence electrons. The molecular weight excluding hydrogens is 320 g/mol. The van der Waals surface area contributed by atoms with Crippen LogP contribution in [0.4, 0.5) is 0 Å². The molecule has 0 bridgehead atoms. The van der Waals surface area contributed by atoms with Gasteiger partial charge in [-0.1, -0.05) is 17.3 Å². The van der Waals surface area contributed by atoms with Crippen LogP contribution in [0.1, 0.15) is 35.3 Å². The predicted octanol–water partition coefficient (Wildman–Crippen LogP) is 1.87. The minimum absolute atomic E-state index is 0.0932. The summed E-state index contributed by atoms with van der Waals surface area (Å²) in [5, 5.41) is 3.53. The maximum absolute atomic E-state index is 12.3. The summed E-state index contributed by atoms with van der Waals surface area (Å²) in [7, 11) is -3.87. The van der Waals surface area contributed by atoms with Crippen LogP contribution in [-0.4, -0.2) is 25.6 Å². The molecule has 1 aromatic carbocycles. The number of aromatic nitrogens is 1. The van der Waals surface area contributed by atoms with Crippen LogP contribution in [0.25, 0.3) is 0 Å². The summed E-state index contributed by atoms with van der Waals surface area (Å²) in [6.07, 6.45) is 4.36. The highest BCUT2D eigenvalue weighted by atomic mass is 32.2. The Morgan fingerprint density at radius 3 is 2.74 bits per heavy atom. The average Bonchev–Trinajstić information content (AvgIpc) is 2.94. The third-order valence-electron chi connectivity index (χ3n) is 3.55. The third kappa shape index (κ3) is 3.89. The zero-order valence-corrected chi connectivity index (χ0v) is 13.1. The summed E-state index contributed by atoms with van der Waals surface area (Å²) in [5.41, 5.74) is 0.424. The quantitative estimate of drug-likeness (QED) is 0.864. The molecule has 1 saturated carbocycles. The Bertz CT molecular complexity index is 782. The van der Waals surface area contributed by atoms with E-state index in [0.29, 0.717) is 5.75 Å². The van der Waals surface area contributed by atoms with Gasteiger partial charge in [0.2, 0.25) is 10.0 Å². The zero-order valence-electron chi connectivity index (χ0n) is 12.3. The summed E-state index contributed by atoms with van der Waals surface area (Å²) < 4.78 is 36.4. The second-order valence-electron chi connectivity index (χ2n) is 5.35. The summed E-state index contributed by atoms with van der Waals surface area (Å²) >= 11 is 0. The van der Waals surface area contributed by atoms with Crippen molar-refractivity contribution in [1.29, 1.82) is 0 Å². The molecule has 1 aromatic heterocycles. The fraction of sp³-hybridized carbons (Fsp3) is 0.333. The first-order chi connectivity index (χ1) is 11.0. The van der Waals surface area contributed by atoms with Gasteiger partial charge in [-0.25, -0.2) is 13.1 Å². The monoisotopic (exact) mass is 336 g/mol. The van der Waals surface area contributed by atoms with E-state index in [1.165, 1.54) is 18.4 Å². The Kier molecular flexibility index (Phi) is 4.33. The summed E-state index contributed by atoms with van der Waals surface area (Å²) in [4.78, 5) is 12.3. The van der Waals surface area contributed by atoms with Crippen LogP contribution in [0, 0.1) is 0 Å². The van der Waals surface area contributed by atoms with Gasteiger partial charge >= 0.3 is 0 Å². The van der Waals surface area contributed by atoms with Crippen molar-refractivity contribution in [2.24, 2.45) is 0 Å². The summed E-state index contributed by atoms with van der Waals surface area (Å²) in [5.74, 6) is -0.754. The highest BCUT2D eigenvalue weighted by Gasteiger charge is 2.24. The molecule has 1 heterocycles. The van der Waals surface area contributed by atoms with E-state index < -0.39 is 21.7 Å². The number of benzene rings is 1. The van der Waals surface area contributed by atoms with Gasteiger partial charge in [0.25, 0.3) is 5.91 Å². The van der Waals surface area contributed by atoms with Crippen molar-refractivity contribution in [1.82, 2.24) is 9.88 Å². The van der Waals surface area contributed by atoms with Gasteiger partial charge in [0.05, 0.1) is 11.7 Å². The average molecular weight is 336 g/mol. The maximum Gasteiger partial charge on any atom is 0.268 e. The molecule has 1 amide bonds. The molecule has 3 rings (SSSR count). The van der Waals surface area contributed by atoms with Crippen LogP contribution in [0.5, 0.6) is 5.75 Å². The number of nitrogens with one attached hydrogen (secondary N) is 1. The maximum atomic E-state index is 12.3. The molecule has 0 atom stereocenters. The number of carbonyl (C=O) groups excluding carboxylic acids is 1. The number of hydrogen-bond donors (Lipinski definition) is 1. The fourth-order valence-electron chi connectivity index (χ4n) is 2.16. The van der Waals surface area contributed by atoms with E-state index in [-0.39, 0.29) is 17.4 Å². The van der Waals surface area contributed by atoms with Crippen LogP contribution >= 0.6 is 0 Å². The molecule has 1 aliphatic rings. The molecule has 2 aromatic rings. The van der Waals surface area contributed by atoms with Crippen molar-refractivity contribution in [3.8, 4) is 5.75 Å². The van der Waals surface area contributed by atoms with Gasteiger partial charge in [0.1, 0.15) is 23.5 Å². The van der Waals surface area contributed by atoms with E-state index in [2.05, 4.69) is 9.68 Å². The van der Waals surface area contributed by atoms with Crippen molar-refractivity contribution in [2.75, 3.05) is 0 Å². The molecule has 0 aliphatic heterocycles. The minimum atomic E-state index is -3.87. The number of para-hydroxylation sites is 1. The van der Waals surface area contributed by atoms with Crippen LogP contribution in [0.15, 0.2) is 41.1 Å². The normalized spacial score (nSPS) is 15.0. The molecule has 1 N–H and O–H groups in total. The van der Waals surface area contributed by atoms with Gasteiger partial charge in [0.15, 0.2) is 0 Å². The van der Waals surface area contributed by atoms with Gasteiger partial charge in [-0.05, 0) is 31.4 Å². The minimum Gasteiger partial charge on any atom is -0.490 e. The lowest BCUT2D eigenvalue weighted by molar-refractivity contribution is 0.0954. The Morgan fingerprint density at radius 2 is 2.09 bits per heavy atom. The number of amides is 1. The Balaban J connectivity index is 1.72. The number of carbonyl (C=O) groups is 1. The standard InChI is InChI=1S/C15H16N2O5S/c18-15(17-23(19,20)10-11-8-9-21-16-11)13-6-1-2-7-14(13)22-12-4-3-5-12/h1-2,6-9,12H,3-5,10H2,(H,17,18). The lowest BCUT2D eigenvalue weighted by Gasteiger charge is -2.27. The first-order valence-corrected chi connectivity index (χ1v) is 8.88. The Morgan fingerprint density at radius 1 is 1.30 bits per heavy atom. The van der Waals surface area contributed by atoms with Crippen LogP contribution in [-0.2, 0) is 15.8 Å². The Hall–Kier alpha value is -2.35. The van der Waals surface area contributed by atoms with Crippen molar-refractivity contribution in [3.05, 3.63) is 47.9 Å². The molecule has 23 heavy (non-hydrogen) atoms. The first kappa shape index (κ1) is 15.5. The largest absolute Gasteiger partial charge is 0.490 e. The van der Waals surface area contributed by atoms with E-state index in [9.17, 15) is 13.2 Å². The van der Waals surface area contributed by atoms with E-state index >= 15 is 0 Å². The van der Waals surface area contributed by atoms with Gasteiger partial charge in [-0.2, -0.15) is 0 Å². The fourth-order valence-corrected chi connectivity index (χ4v) is 3.17. The van der Waals surface area contributed by atoms with E-state index in [0.717, 1.165) is 19.3 Å². The third-order valence-corrected chi connectivity index (χ3v) is 4.73. The first-order valence-electron chi connectivity index (χ1n) is 7.23. The molecule has 0 unspecified atom stereocenters. The van der Waals surface area contributed by atoms with Crippen molar-refractivity contribution in [2.45, 2.75) is 31.1 Å². The molecule has 7 nitrogen and oxygen atoms in total. The highest BCUT2D eigenvalue weighted by Crippen LogP contribution is 2.27. The zero-order chi connectivity index (χ0) is 16.3. The Labute approximate surface area is 133 Å². The van der Waals surface area contributed by atoms with E-state index in [1.54, 1.807) is 18.2 Å². The molecule has 0 spiro atoms. The molecule has 0 radical (unpaired) electrons. The van der Waals surface area contributed by atoms with Crippen LogP contribution < -0.4 is 9.46 Å². The predicted molar refractivity (Wildman–Crippen MR) is 81.3 cm³/mol. The molecular formula is C15H16N2O5S. The van der Waals surface area contributed by atoms with Gasteiger partial charge < -0.3 is 9.26 Å². The summed E-state index contributed by atoms with van der Waals surface area (Å²) in [6, 6.07) is 8.03. The lowest BCUT2D eigenvalue weighted by Crippen LogP contribution is -2.32. The smallest absolute Gasteiger partial charge is 0.268 e. The second kappa shape index (κ2) is 6.41. The summed E-state index contributed by atoms with van der Waals surface area (Å²) in [6.45, 7) is 0. The number of sulfonamides is 1. The van der Waals surface area contributed by atoms with Gasteiger partial charge in [-0.3, -0.25) is 4.79 Å². The molecule has 1 fully saturated rings. The van der Waals surface area contributed by atoms with Gasteiger partial charge in [-0.15, -0.1) is 0 Å². The lowest BCUT2D eigenvalue weighted by atomic mass is 9.96. The van der Waals surface area contributed by atoms with Crippen molar-refractivity contribution < 1.29 is 22.5 Å². The van der Waals surface area contributed by atoms with Crippen molar-refractivity contribution >= 4 is 15.9 Å². The molecule has 0 saturated heterocycles. The van der Waals surface area contributed by atoms with E-state index in [4.69, 9.17) is 4.74 Å². The topological polar surface area (TPSA) is 98.5 Å². The highest BCUT2D eigenvalue weighted by molar-refractivity contribution is 7.89. The van der Waals surface area contributed by atoms with Gasteiger partial charge in [0, 0.05) is 6.07 Å². The number of ether oxygens (including phenoxy) is 1. The number of rotatable bonds is 6. The van der Waals surface area contributed by atoms with Crippen LogP contribution in [0.2, 0.25) is 0 Å². The number of hydrogen-bond acceptors (Lipinski definition) is 6. The SMILES string of the molecule is O=C(NS(=O)(=O)Cc1ccon1)c1ccccc1OC1CCC1. The van der Waals surface area contributed by atoms with Crippen LogP contribution in [0.3, 0.4) is 0 Å². The molecule has 1 aliphatic carbocycles.